The summed E-state index contributed by atoms with van der Waals surface area (Å²) in [6.07, 6.45) is 0. The second-order valence-corrected chi connectivity index (χ2v) is 8.44. The maximum Gasteiger partial charge on any atom is 0.315 e. The molecule has 28 heavy (non-hydrogen) atoms. The van der Waals surface area contributed by atoms with E-state index in [2.05, 4.69) is 15.4 Å². The van der Waals surface area contributed by atoms with Gasteiger partial charge in [0.1, 0.15) is 11.3 Å². The molecular formula is C20H23N3O4S. The van der Waals surface area contributed by atoms with Gasteiger partial charge in [-0.1, -0.05) is 42.5 Å². The van der Waals surface area contributed by atoms with Gasteiger partial charge in [-0.15, -0.1) is 0 Å². The second kappa shape index (κ2) is 8.45. The molecule has 7 nitrogen and oxygen atoms in total. The van der Waals surface area contributed by atoms with Crippen LogP contribution in [-0.4, -0.2) is 21.5 Å². The van der Waals surface area contributed by atoms with Gasteiger partial charge >= 0.3 is 6.03 Å². The lowest BCUT2D eigenvalue weighted by Crippen LogP contribution is -2.36. The largest absolute Gasteiger partial charge is 0.459 e. The summed E-state index contributed by atoms with van der Waals surface area (Å²) < 4.78 is 31.2. The van der Waals surface area contributed by atoms with Crippen molar-refractivity contribution in [1.82, 2.24) is 15.4 Å². The molecule has 0 bridgehead atoms. The molecule has 1 atom stereocenters. The summed E-state index contributed by atoms with van der Waals surface area (Å²) in [4.78, 5) is 12.2. The van der Waals surface area contributed by atoms with Gasteiger partial charge in [-0.25, -0.2) is 17.9 Å². The van der Waals surface area contributed by atoms with E-state index < -0.39 is 10.0 Å². The first-order valence-corrected chi connectivity index (χ1v) is 10.5. The van der Waals surface area contributed by atoms with Gasteiger partial charge in [0.2, 0.25) is 10.0 Å². The highest BCUT2D eigenvalue weighted by Gasteiger charge is 2.14. The number of rotatable bonds is 7. The number of nitrogens with one attached hydrogen (secondary N) is 3. The molecule has 148 valence electrons. The number of carbonyl (C=O) groups is 1. The Morgan fingerprint density at radius 3 is 2.43 bits per heavy atom. The van der Waals surface area contributed by atoms with Crippen molar-refractivity contribution in [3.8, 4) is 0 Å². The molecular weight excluding hydrogens is 378 g/mol. The molecule has 0 spiro atoms. The molecule has 0 fully saturated rings. The van der Waals surface area contributed by atoms with E-state index in [1.165, 1.54) is 7.05 Å². The molecule has 1 aromatic heterocycles. The number of fused-ring (bicyclic) bond motifs is 1. The predicted octanol–water partition coefficient (Wildman–Crippen LogP) is 3.04. The lowest BCUT2D eigenvalue weighted by molar-refractivity contribution is 0.236. The molecule has 0 radical (unpaired) electrons. The van der Waals surface area contributed by atoms with E-state index in [-0.39, 0.29) is 17.8 Å². The number of para-hydroxylation sites is 1. The number of carbonyl (C=O) groups excluding carboxylic acids is 1. The summed E-state index contributed by atoms with van der Waals surface area (Å²) in [5.74, 6) is 0.610. The van der Waals surface area contributed by atoms with Gasteiger partial charge in [0.15, 0.2) is 0 Å². The Kier molecular flexibility index (Phi) is 6.01. The minimum atomic E-state index is -3.30. The summed E-state index contributed by atoms with van der Waals surface area (Å²) in [5, 5.41) is 6.63. The van der Waals surface area contributed by atoms with Crippen LogP contribution in [0.15, 0.2) is 59.0 Å². The van der Waals surface area contributed by atoms with E-state index in [1.54, 1.807) is 24.3 Å². The Morgan fingerprint density at radius 2 is 1.75 bits per heavy atom. The Hall–Kier alpha value is -2.84. The molecule has 3 N–H and O–H groups in total. The van der Waals surface area contributed by atoms with Crippen molar-refractivity contribution in [2.24, 2.45) is 0 Å². The molecule has 0 aliphatic carbocycles. The van der Waals surface area contributed by atoms with Crippen molar-refractivity contribution in [3.05, 3.63) is 71.5 Å². The quantitative estimate of drug-likeness (QED) is 0.566. The van der Waals surface area contributed by atoms with Crippen LogP contribution in [0.4, 0.5) is 4.79 Å². The molecule has 0 aliphatic rings. The maximum absolute atomic E-state index is 12.2. The van der Waals surface area contributed by atoms with Gasteiger partial charge in [0, 0.05) is 11.9 Å². The normalized spacial score (nSPS) is 12.6. The van der Waals surface area contributed by atoms with Crippen molar-refractivity contribution in [3.63, 3.8) is 0 Å². The average Bonchev–Trinajstić information content (AvgIpc) is 3.12. The van der Waals surface area contributed by atoms with E-state index in [0.717, 1.165) is 16.5 Å². The van der Waals surface area contributed by atoms with Crippen LogP contribution < -0.4 is 15.4 Å². The maximum atomic E-state index is 12.2. The van der Waals surface area contributed by atoms with Crippen LogP contribution in [-0.2, 0) is 22.3 Å². The summed E-state index contributed by atoms with van der Waals surface area (Å²) in [6, 6.07) is 16.1. The van der Waals surface area contributed by atoms with Gasteiger partial charge in [-0.2, -0.15) is 0 Å². The zero-order valence-corrected chi connectivity index (χ0v) is 16.5. The van der Waals surface area contributed by atoms with Crippen molar-refractivity contribution in [2.75, 3.05) is 7.05 Å². The smallest absolute Gasteiger partial charge is 0.315 e. The van der Waals surface area contributed by atoms with Crippen molar-refractivity contribution >= 4 is 27.0 Å². The Morgan fingerprint density at radius 1 is 1.07 bits per heavy atom. The second-order valence-electron chi connectivity index (χ2n) is 6.52. The van der Waals surface area contributed by atoms with E-state index in [4.69, 9.17) is 4.42 Å². The standard InChI is InChI=1S/C20H23N3O4S/c1-14(19-11-17-5-3-4-6-18(17)27-19)23-20(24)22-12-15-7-9-16(10-8-15)13-28(25,26)21-2/h3-11,14,21H,12-13H2,1-2H3,(H2,22,23,24)/t14-/m1/s1. The predicted molar refractivity (Wildman–Crippen MR) is 108 cm³/mol. The van der Waals surface area contributed by atoms with Crippen molar-refractivity contribution < 1.29 is 17.6 Å². The first-order chi connectivity index (χ1) is 13.4. The monoisotopic (exact) mass is 401 g/mol. The highest BCUT2D eigenvalue weighted by molar-refractivity contribution is 7.88. The van der Waals surface area contributed by atoms with Gasteiger partial charge in [-0.3, -0.25) is 0 Å². The molecule has 3 aromatic rings. The molecule has 2 amide bonds. The number of urea groups is 1. The number of hydrogen-bond acceptors (Lipinski definition) is 4. The highest BCUT2D eigenvalue weighted by Crippen LogP contribution is 2.23. The molecule has 0 unspecified atom stereocenters. The van der Waals surface area contributed by atoms with Crippen LogP contribution in [0.25, 0.3) is 11.0 Å². The molecule has 2 aromatic carbocycles. The van der Waals surface area contributed by atoms with Crippen molar-refractivity contribution in [2.45, 2.75) is 25.3 Å². The van der Waals surface area contributed by atoms with E-state index in [0.29, 0.717) is 17.9 Å². The summed E-state index contributed by atoms with van der Waals surface area (Å²) in [7, 11) is -1.91. The summed E-state index contributed by atoms with van der Waals surface area (Å²) in [5.41, 5.74) is 2.34. The number of sulfonamides is 1. The first kappa shape index (κ1) is 19.9. The van der Waals surface area contributed by atoms with Crippen LogP contribution in [0.2, 0.25) is 0 Å². The number of amides is 2. The van der Waals surface area contributed by atoms with Gasteiger partial charge in [0.25, 0.3) is 0 Å². The van der Waals surface area contributed by atoms with E-state index in [1.807, 2.05) is 37.3 Å². The average molecular weight is 401 g/mol. The van der Waals surface area contributed by atoms with Gasteiger partial charge in [-0.05, 0) is 37.2 Å². The number of furan rings is 1. The molecule has 0 saturated carbocycles. The topological polar surface area (TPSA) is 100 Å². The Balaban J connectivity index is 1.52. The molecule has 0 saturated heterocycles. The SMILES string of the molecule is CNS(=O)(=O)Cc1ccc(CNC(=O)N[C@H](C)c2cc3ccccc3o2)cc1. The lowest BCUT2D eigenvalue weighted by atomic mass is 10.1. The molecule has 0 aliphatic heterocycles. The first-order valence-electron chi connectivity index (χ1n) is 8.88. The summed E-state index contributed by atoms with van der Waals surface area (Å²) >= 11 is 0. The summed E-state index contributed by atoms with van der Waals surface area (Å²) in [6.45, 7) is 2.19. The number of benzene rings is 2. The third-order valence-corrected chi connectivity index (χ3v) is 5.70. The van der Waals surface area contributed by atoms with Gasteiger partial charge < -0.3 is 15.1 Å². The van der Waals surface area contributed by atoms with Crippen molar-refractivity contribution in [1.29, 1.82) is 0 Å². The fourth-order valence-electron chi connectivity index (χ4n) is 2.76. The lowest BCUT2D eigenvalue weighted by Gasteiger charge is -2.12. The third-order valence-electron chi connectivity index (χ3n) is 4.36. The van der Waals surface area contributed by atoms with Crippen LogP contribution in [0.5, 0.6) is 0 Å². The molecule has 1 heterocycles. The van der Waals surface area contributed by atoms with Crippen LogP contribution in [0.3, 0.4) is 0 Å². The van der Waals surface area contributed by atoms with Crippen LogP contribution in [0, 0.1) is 0 Å². The van der Waals surface area contributed by atoms with E-state index in [9.17, 15) is 13.2 Å². The fraction of sp³-hybridized carbons (Fsp3) is 0.250. The zero-order chi connectivity index (χ0) is 20.1. The Labute approximate surface area is 164 Å². The Bertz CT molecular complexity index is 1030. The number of hydrogen-bond donors (Lipinski definition) is 3. The minimum absolute atomic E-state index is 0.0767. The zero-order valence-electron chi connectivity index (χ0n) is 15.7. The third kappa shape index (κ3) is 5.11. The minimum Gasteiger partial charge on any atom is -0.459 e. The van der Waals surface area contributed by atoms with Crippen LogP contribution in [0.1, 0.15) is 29.9 Å². The molecule has 3 rings (SSSR count). The fourth-order valence-corrected chi connectivity index (χ4v) is 3.54. The molecule has 8 heteroatoms. The highest BCUT2D eigenvalue weighted by atomic mass is 32.2. The van der Waals surface area contributed by atoms with Crippen LogP contribution >= 0.6 is 0 Å². The van der Waals surface area contributed by atoms with Gasteiger partial charge in [0.05, 0.1) is 11.8 Å². The van der Waals surface area contributed by atoms with E-state index >= 15 is 0 Å².